The van der Waals surface area contributed by atoms with Crippen molar-refractivity contribution in [2.75, 3.05) is 13.1 Å². The lowest BCUT2D eigenvalue weighted by Crippen LogP contribution is -2.45. The molecule has 0 spiro atoms. The van der Waals surface area contributed by atoms with Gasteiger partial charge in [-0.3, -0.25) is 4.90 Å². The maximum atomic E-state index is 5.99. The van der Waals surface area contributed by atoms with E-state index in [1.165, 1.54) is 17.8 Å². The Morgan fingerprint density at radius 1 is 1.64 bits per heavy atom. The molecule has 1 aliphatic heterocycles. The average Bonchev–Trinajstić information content (AvgIpc) is 2.54. The quantitative estimate of drug-likeness (QED) is 0.802. The summed E-state index contributed by atoms with van der Waals surface area (Å²) in [5, 5.41) is 0. The molecule has 2 N–H and O–H groups in total. The van der Waals surface area contributed by atoms with E-state index < -0.39 is 0 Å². The SMILES string of the molecule is CC1CC(N)CN(Cc2ccns2)C1. The van der Waals surface area contributed by atoms with Crippen LogP contribution in [-0.2, 0) is 6.54 Å². The van der Waals surface area contributed by atoms with Gasteiger partial charge in [0.25, 0.3) is 0 Å². The Kier molecular flexibility index (Phi) is 3.15. The smallest absolute Gasteiger partial charge is 0.0410 e. The van der Waals surface area contributed by atoms with Gasteiger partial charge in [0.05, 0.1) is 0 Å². The van der Waals surface area contributed by atoms with Gasteiger partial charge in [-0.15, -0.1) is 0 Å². The van der Waals surface area contributed by atoms with Crippen LogP contribution in [0.15, 0.2) is 12.3 Å². The van der Waals surface area contributed by atoms with Crippen LogP contribution in [0, 0.1) is 5.92 Å². The Balaban J connectivity index is 1.91. The van der Waals surface area contributed by atoms with Crippen LogP contribution in [0.5, 0.6) is 0 Å². The van der Waals surface area contributed by atoms with E-state index in [4.69, 9.17) is 5.73 Å². The Labute approximate surface area is 89.1 Å². The number of rotatable bonds is 2. The Morgan fingerprint density at radius 2 is 2.50 bits per heavy atom. The van der Waals surface area contributed by atoms with Gasteiger partial charge in [-0.2, -0.15) is 0 Å². The van der Waals surface area contributed by atoms with Crippen molar-refractivity contribution in [3.63, 3.8) is 0 Å². The lowest BCUT2D eigenvalue weighted by molar-refractivity contribution is 0.159. The van der Waals surface area contributed by atoms with E-state index in [1.54, 1.807) is 11.5 Å². The second-order valence-electron chi connectivity index (χ2n) is 4.27. The Morgan fingerprint density at radius 3 is 3.14 bits per heavy atom. The minimum absolute atomic E-state index is 0.353. The molecule has 3 nitrogen and oxygen atoms in total. The van der Waals surface area contributed by atoms with Crippen molar-refractivity contribution in [3.05, 3.63) is 17.1 Å². The molecule has 0 aromatic carbocycles. The van der Waals surface area contributed by atoms with Gasteiger partial charge in [0.1, 0.15) is 0 Å². The summed E-state index contributed by atoms with van der Waals surface area (Å²) in [6.45, 7) is 5.50. The van der Waals surface area contributed by atoms with Gasteiger partial charge in [-0.25, -0.2) is 4.37 Å². The van der Waals surface area contributed by atoms with Gasteiger partial charge < -0.3 is 5.73 Å². The van der Waals surface area contributed by atoms with Gasteiger partial charge >= 0.3 is 0 Å². The third kappa shape index (κ3) is 2.53. The molecule has 0 saturated carbocycles. The van der Waals surface area contributed by atoms with Crippen LogP contribution in [0.4, 0.5) is 0 Å². The minimum Gasteiger partial charge on any atom is -0.327 e. The van der Waals surface area contributed by atoms with Gasteiger partial charge in [-0.1, -0.05) is 6.92 Å². The summed E-state index contributed by atoms with van der Waals surface area (Å²) >= 11 is 1.59. The van der Waals surface area contributed by atoms with Crippen molar-refractivity contribution < 1.29 is 0 Å². The van der Waals surface area contributed by atoms with E-state index >= 15 is 0 Å². The van der Waals surface area contributed by atoms with Crippen molar-refractivity contribution in [1.29, 1.82) is 0 Å². The number of hydrogen-bond acceptors (Lipinski definition) is 4. The van der Waals surface area contributed by atoms with E-state index in [2.05, 4.69) is 22.3 Å². The molecule has 1 aromatic heterocycles. The highest BCUT2D eigenvalue weighted by molar-refractivity contribution is 7.05. The molecule has 0 radical (unpaired) electrons. The summed E-state index contributed by atoms with van der Waals surface area (Å²) in [6, 6.07) is 2.45. The van der Waals surface area contributed by atoms with E-state index in [0.29, 0.717) is 6.04 Å². The van der Waals surface area contributed by atoms with Crippen LogP contribution in [0.3, 0.4) is 0 Å². The monoisotopic (exact) mass is 211 g/mol. The Hall–Kier alpha value is -0.450. The number of hydrogen-bond donors (Lipinski definition) is 1. The second kappa shape index (κ2) is 4.38. The van der Waals surface area contributed by atoms with E-state index in [0.717, 1.165) is 19.0 Å². The van der Waals surface area contributed by atoms with Crippen molar-refractivity contribution in [2.24, 2.45) is 11.7 Å². The van der Waals surface area contributed by atoms with Crippen molar-refractivity contribution in [3.8, 4) is 0 Å². The van der Waals surface area contributed by atoms with Crippen molar-refractivity contribution >= 4 is 11.5 Å². The maximum Gasteiger partial charge on any atom is 0.0410 e. The molecule has 0 bridgehead atoms. The molecular formula is C10H17N3S. The number of nitrogens with zero attached hydrogens (tertiary/aromatic N) is 2. The van der Waals surface area contributed by atoms with Crippen LogP contribution < -0.4 is 5.73 Å². The standard InChI is InChI=1S/C10H17N3S/c1-8-4-9(11)6-13(5-8)7-10-2-3-12-14-10/h2-3,8-9H,4-7,11H2,1H3. The van der Waals surface area contributed by atoms with Crippen molar-refractivity contribution in [2.45, 2.75) is 25.9 Å². The van der Waals surface area contributed by atoms with E-state index in [-0.39, 0.29) is 0 Å². The number of piperidine rings is 1. The van der Waals surface area contributed by atoms with Crippen molar-refractivity contribution in [1.82, 2.24) is 9.27 Å². The third-order valence-corrected chi connectivity index (χ3v) is 3.37. The average molecular weight is 211 g/mol. The summed E-state index contributed by atoms with van der Waals surface area (Å²) in [7, 11) is 0. The van der Waals surface area contributed by atoms with Crippen LogP contribution in [0.1, 0.15) is 18.2 Å². The normalized spacial score (nSPS) is 29.3. The van der Waals surface area contributed by atoms with E-state index in [1.807, 2.05) is 6.20 Å². The molecule has 0 aliphatic carbocycles. The number of aromatic nitrogens is 1. The number of nitrogens with two attached hydrogens (primary N) is 1. The fraction of sp³-hybridized carbons (Fsp3) is 0.700. The fourth-order valence-corrected chi connectivity index (χ4v) is 2.81. The lowest BCUT2D eigenvalue weighted by atomic mass is 9.97. The van der Waals surface area contributed by atoms with Gasteiger partial charge in [0.2, 0.25) is 0 Å². The topological polar surface area (TPSA) is 42.1 Å². The summed E-state index contributed by atoms with van der Waals surface area (Å²) in [5.74, 6) is 0.728. The Bertz CT molecular complexity index is 263. The van der Waals surface area contributed by atoms with Crippen LogP contribution in [-0.4, -0.2) is 28.4 Å². The molecule has 1 aliphatic rings. The molecule has 78 valence electrons. The minimum atomic E-state index is 0.353. The van der Waals surface area contributed by atoms with Crippen LogP contribution in [0.2, 0.25) is 0 Å². The molecule has 1 saturated heterocycles. The summed E-state index contributed by atoms with van der Waals surface area (Å²) in [5.41, 5.74) is 5.99. The molecule has 2 unspecified atom stereocenters. The zero-order valence-corrected chi connectivity index (χ0v) is 9.33. The first-order valence-electron chi connectivity index (χ1n) is 5.11. The molecule has 4 heteroatoms. The second-order valence-corrected chi connectivity index (χ2v) is 5.19. The zero-order chi connectivity index (χ0) is 9.97. The summed E-state index contributed by atoms with van der Waals surface area (Å²) < 4.78 is 4.11. The zero-order valence-electron chi connectivity index (χ0n) is 8.52. The number of likely N-dealkylation sites (tertiary alicyclic amines) is 1. The molecule has 0 amide bonds. The summed E-state index contributed by atoms with van der Waals surface area (Å²) in [6.07, 6.45) is 3.03. The van der Waals surface area contributed by atoms with Gasteiger partial charge in [-0.05, 0) is 29.9 Å². The molecule has 2 rings (SSSR count). The first-order valence-corrected chi connectivity index (χ1v) is 5.89. The van der Waals surface area contributed by atoms with Gasteiger partial charge in [0, 0.05) is 36.8 Å². The molecule has 1 aromatic rings. The lowest BCUT2D eigenvalue weighted by Gasteiger charge is -2.34. The highest BCUT2D eigenvalue weighted by atomic mass is 32.1. The predicted octanol–water partition coefficient (Wildman–Crippen LogP) is 1.31. The first kappa shape index (κ1) is 10.1. The molecular weight excluding hydrogens is 194 g/mol. The highest BCUT2D eigenvalue weighted by Crippen LogP contribution is 2.18. The summed E-state index contributed by atoms with van der Waals surface area (Å²) in [4.78, 5) is 3.78. The predicted molar refractivity (Wildman–Crippen MR) is 59.1 cm³/mol. The van der Waals surface area contributed by atoms with Crippen LogP contribution >= 0.6 is 11.5 Å². The molecule has 2 atom stereocenters. The third-order valence-electron chi connectivity index (χ3n) is 2.64. The molecule has 2 heterocycles. The maximum absolute atomic E-state index is 5.99. The molecule has 1 fully saturated rings. The fourth-order valence-electron chi connectivity index (χ4n) is 2.19. The largest absolute Gasteiger partial charge is 0.327 e. The van der Waals surface area contributed by atoms with E-state index in [9.17, 15) is 0 Å². The highest BCUT2D eigenvalue weighted by Gasteiger charge is 2.22. The molecule has 14 heavy (non-hydrogen) atoms. The first-order chi connectivity index (χ1) is 6.74. The van der Waals surface area contributed by atoms with Gasteiger partial charge in [0.15, 0.2) is 0 Å². The van der Waals surface area contributed by atoms with Crippen LogP contribution in [0.25, 0.3) is 0 Å².